The highest BCUT2D eigenvalue weighted by Gasteiger charge is 2.10. The maximum absolute atomic E-state index is 9.51. The molecular formula is C13H18N2O2. The van der Waals surface area contributed by atoms with Crippen LogP contribution in [-0.4, -0.2) is 34.0 Å². The van der Waals surface area contributed by atoms with E-state index in [0.29, 0.717) is 13.1 Å². The van der Waals surface area contributed by atoms with Gasteiger partial charge in [0.25, 0.3) is 0 Å². The van der Waals surface area contributed by atoms with E-state index in [2.05, 4.69) is 6.07 Å². The van der Waals surface area contributed by atoms with Crippen molar-refractivity contribution >= 4 is 10.9 Å². The van der Waals surface area contributed by atoms with Gasteiger partial charge in [-0.2, -0.15) is 0 Å². The number of aliphatic hydroxyl groups is 2. The van der Waals surface area contributed by atoms with E-state index in [1.165, 1.54) is 10.9 Å². The van der Waals surface area contributed by atoms with E-state index in [9.17, 15) is 5.11 Å². The zero-order valence-electron chi connectivity index (χ0n) is 9.71. The van der Waals surface area contributed by atoms with Gasteiger partial charge in [-0.15, -0.1) is 0 Å². The van der Waals surface area contributed by atoms with Crippen molar-refractivity contribution in [2.24, 2.45) is 5.73 Å². The molecule has 17 heavy (non-hydrogen) atoms. The molecule has 4 N–H and O–H groups in total. The third-order valence-electron chi connectivity index (χ3n) is 2.90. The van der Waals surface area contributed by atoms with Gasteiger partial charge in [-0.3, -0.25) is 0 Å². The van der Waals surface area contributed by atoms with Gasteiger partial charge in [0, 0.05) is 17.1 Å². The molecular weight excluding hydrogens is 216 g/mol. The molecule has 1 heterocycles. The first-order valence-electron chi connectivity index (χ1n) is 5.82. The summed E-state index contributed by atoms with van der Waals surface area (Å²) >= 11 is 0. The molecule has 0 radical (unpaired) electrons. The van der Waals surface area contributed by atoms with E-state index in [-0.39, 0.29) is 6.61 Å². The van der Waals surface area contributed by atoms with E-state index in [0.717, 1.165) is 11.9 Å². The second-order valence-electron chi connectivity index (χ2n) is 4.20. The lowest BCUT2D eigenvalue weighted by molar-refractivity contribution is 0.0822. The molecule has 0 aliphatic carbocycles. The first-order valence-corrected chi connectivity index (χ1v) is 5.82. The Kier molecular flexibility index (Phi) is 3.78. The molecule has 0 bridgehead atoms. The number of para-hydroxylation sites is 1. The standard InChI is InChI=1S/C13H18N2O2/c14-6-5-10-7-15(8-11(17)9-16)13-4-2-1-3-12(10)13/h1-4,7,11,16-17H,5-6,8-9,14H2. The third kappa shape index (κ3) is 2.49. The van der Waals surface area contributed by atoms with Crippen LogP contribution in [0, 0.1) is 0 Å². The number of aromatic nitrogens is 1. The molecule has 0 saturated heterocycles. The van der Waals surface area contributed by atoms with E-state index in [4.69, 9.17) is 10.8 Å². The third-order valence-corrected chi connectivity index (χ3v) is 2.90. The van der Waals surface area contributed by atoms with Gasteiger partial charge in [-0.05, 0) is 24.6 Å². The quantitative estimate of drug-likeness (QED) is 0.705. The predicted molar refractivity (Wildman–Crippen MR) is 67.8 cm³/mol. The van der Waals surface area contributed by atoms with Crippen LogP contribution in [-0.2, 0) is 13.0 Å². The Labute approximate surface area is 100 Å². The molecule has 4 nitrogen and oxygen atoms in total. The molecule has 2 rings (SSSR count). The van der Waals surface area contributed by atoms with Crippen molar-refractivity contribution in [2.75, 3.05) is 13.2 Å². The molecule has 1 aromatic heterocycles. The number of rotatable bonds is 5. The maximum atomic E-state index is 9.51. The van der Waals surface area contributed by atoms with Crippen molar-refractivity contribution in [1.82, 2.24) is 4.57 Å². The Morgan fingerprint density at radius 3 is 2.76 bits per heavy atom. The molecule has 0 saturated carbocycles. The summed E-state index contributed by atoms with van der Waals surface area (Å²) < 4.78 is 1.97. The highest BCUT2D eigenvalue weighted by molar-refractivity contribution is 5.84. The average molecular weight is 234 g/mol. The second kappa shape index (κ2) is 5.31. The second-order valence-corrected chi connectivity index (χ2v) is 4.20. The van der Waals surface area contributed by atoms with Crippen LogP contribution >= 0.6 is 0 Å². The Morgan fingerprint density at radius 1 is 1.29 bits per heavy atom. The number of fused-ring (bicyclic) bond motifs is 1. The molecule has 1 unspecified atom stereocenters. The van der Waals surface area contributed by atoms with Gasteiger partial charge in [0.1, 0.15) is 0 Å². The summed E-state index contributed by atoms with van der Waals surface area (Å²) in [7, 11) is 0. The van der Waals surface area contributed by atoms with E-state index in [1.807, 2.05) is 29.0 Å². The van der Waals surface area contributed by atoms with Crippen LogP contribution < -0.4 is 5.73 Å². The fraction of sp³-hybridized carbons (Fsp3) is 0.385. The zero-order valence-corrected chi connectivity index (χ0v) is 9.71. The summed E-state index contributed by atoms with van der Waals surface area (Å²) in [5.74, 6) is 0. The Hall–Kier alpha value is -1.36. The number of benzene rings is 1. The average Bonchev–Trinajstić information content (AvgIpc) is 2.69. The van der Waals surface area contributed by atoms with Crippen molar-refractivity contribution < 1.29 is 10.2 Å². The lowest BCUT2D eigenvalue weighted by Gasteiger charge is -2.09. The topological polar surface area (TPSA) is 71.4 Å². The van der Waals surface area contributed by atoms with Crippen LogP contribution in [0.5, 0.6) is 0 Å². The molecule has 0 spiro atoms. The van der Waals surface area contributed by atoms with Gasteiger partial charge in [0.05, 0.1) is 19.3 Å². The van der Waals surface area contributed by atoms with E-state index >= 15 is 0 Å². The Bertz CT molecular complexity index is 493. The largest absolute Gasteiger partial charge is 0.394 e. The first-order chi connectivity index (χ1) is 8.26. The summed E-state index contributed by atoms with van der Waals surface area (Å²) in [5, 5.41) is 19.6. The predicted octanol–water partition coefficient (Wildman–Crippen LogP) is 0.496. The Balaban J connectivity index is 2.41. The van der Waals surface area contributed by atoms with Crippen LogP contribution in [0.3, 0.4) is 0 Å². The number of aliphatic hydroxyl groups excluding tert-OH is 2. The summed E-state index contributed by atoms with van der Waals surface area (Å²) in [5.41, 5.74) is 7.85. The summed E-state index contributed by atoms with van der Waals surface area (Å²) in [6.45, 7) is 0.789. The van der Waals surface area contributed by atoms with Crippen LogP contribution in [0.1, 0.15) is 5.56 Å². The monoisotopic (exact) mass is 234 g/mol. The zero-order chi connectivity index (χ0) is 12.3. The molecule has 1 aromatic carbocycles. The number of nitrogens with two attached hydrogens (primary N) is 1. The fourth-order valence-electron chi connectivity index (χ4n) is 2.11. The van der Waals surface area contributed by atoms with Gasteiger partial charge in [0.2, 0.25) is 0 Å². The SMILES string of the molecule is NCCc1cn(CC(O)CO)c2ccccc12. The highest BCUT2D eigenvalue weighted by Crippen LogP contribution is 2.21. The number of hydrogen-bond acceptors (Lipinski definition) is 3. The Morgan fingerprint density at radius 2 is 2.06 bits per heavy atom. The van der Waals surface area contributed by atoms with Crippen LogP contribution in [0.4, 0.5) is 0 Å². The minimum atomic E-state index is -0.725. The molecule has 4 heteroatoms. The molecule has 92 valence electrons. The number of hydrogen-bond donors (Lipinski definition) is 3. The summed E-state index contributed by atoms with van der Waals surface area (Å²) in [6, 6.07) is 8.03. The van der Waals surface area contributed by atoms with Gasteiger partial charge in [0.15, 0.2) is 0 Å². The highest BCUT2D eigenvalue weighted by atomic mass is 16.3. The lowest BCUT2D eigenvalue weighted by Crippen LogP contribution is -2.19. The summed E-state index contributed by atoms with van der Waals surface area (Å²) in [4.78, 5) is 0. The van der Waals surface area contributed by atoms with Crippen LogP contribution in [0.25, 0.3) is 10.9 Å². The van der Waals surface area contributed by atoms with Crippen LogP contribution in [0.15, 0.2) is 30.5 Å². The van der Waals surface area contributed by atoms with Crippen LogP contribution in [0.2, 0.25) is 0 Å². The normalized spacial score (nSPS) is 13.1. The molecule has 1 atom stereocenters. The minimum Gasteiger partial charge on any atom is -0.394 e. The van der Waals surface area contributed by atoms with E-state index < -0.39 is 6.10 Å². The minimum absolute atomic E-state index is 0.223. The van der Waals surface area contributed by atoms with Gasteiger partial charge >= 0.3 is 0 Å². The smallest absolute Gasteiger partial charge is 0.0949 e. The summed E-state index contributed by atoms with van der Waals surface area (Å²) in [6.07, 6.45) is 2.11. The molecule has 0 amide bonds. The van der Waals surface area contributed by atoms with E-state index in [1.54, 1.807) is 0 Å². The molecule has 2 aromatic rings. The fourth-order valence-corrected chi connectivity index (χ4v) is 2.11. The van der Waals surface area contributed by atoms with Crippen molar-refractivity contribution in [3.63, 3.8) is 0 Å². The number of nitrogens with zero attached hydrogens (tertiary/aromatic N) is 1. The van der Waals surface area contributed by atoms with Crippen molar-refractivity contribution in [3.8, 4) is 0 Å². The van der Waals surface area contributed by atoms with Crippen molar-refractivity contribution in [2.45, 2.75) is 19.1 Å². The molecule has 0 fully saturated rings. The van der Waals surface area contributed by atoms with Crippen molar-refractivity contribution in [1.29, 1.82) is 0 Å². The molecule has 0 aliphatic rings. The van der Waals surface area contributed by atoms with Gasteiger partial charge in [-0.25, -0.2) is 0 Å². The molecule has 0 aliphatic heterocycles. The van der Waals surface area contributed by atoms with Gasteiger partial charge < -0.3 is 20.5 Å². The first kappa shape index (κ1) is 12.1. The lowest BCUT2D eigenvalue weighted by atomic mass is 10.1. The maximum Gasteiger partial charge on any atom is 0.0949 e. The van der Waals surface area contributed by atoms with Crippen molar-refractivity contribution in [3.05, 3.63) is 36.0 Å². The van der Waals surface area contributed by atoms with Gasteiger partial charge in [-0.1, -0.05) is 18.2 Å².